The molecule has 0 fully saturated rings. The number of aldehydes is 1. The highest BCUT2D eigenvalue weighted by Crippen LogP contribution is 2.39. The predicted octanol–water partition coefficient (Wildman–Crippen LogP) is 4.41. The molecular formula is C21H21F3N4O2. The summed E-state index contributed by atoms with van der Waals surface area (Å²) < 4.78 is 47.7. The van der Waals surface area contributed by atoms with Crippen LogP contribution >= 0.6 is 0 Å². The molecule has 0 saturated heterocycles. The van der Waals surface area contributed by atoms with Gasteiger partial charge >= 0.3 is 6.18 Å². The molecule has 0 spiro atoms. The second-order valence-electron chi connectivity index (χ2n) is 8.39. The summed E-state index contributed by atoms with van der Waals surface area (Å²) in [6.45, 7) is 4.42. The molecule has 0 saturated carbocycles. The Labute approximate surface area is 171 Å². The van der Waals surface area contributed by atoms with Gasteiger partial charge in [-0.3, -0.25) is 4.68 Å². The number of fused-ring (bicyclic) bond motifs is 1. The molecule has 6 nitrogen and oxygen atoms in total. The van der Waals surface area contributed by atoms with Gasteiger partial charge < -0.3 is 9.21 Å². The van der Waals surface area contributed by atoms with Crippen molar-refractivity contribution >= 4 is 6.29 Å². The van der Waals surface area contributed by atoms with Crippen LogP contribution in [0.2, 0.25) is 0 Å². The van der Waals surface area contributed by atoms with Crippen molar-refractivity contribution in [1.82, 2.24) is 20.0 Å². The van der Waals surface area contributed by atoms with Crippen LogP contribution in [-0.2, 0) is 37.3 Å². The van der Waals surface area contributed by atoms with Gasteiger partial charge in [0.05, 0.1) is 5.56 Å². The molecule has 0 radical (unpaired) electrons. The molecule has 0 N–H and O–H groups in total. The summed E-state index contributed by atoms with van der Waals surface area (Å²) in [5.74, 6) is 0.163. The molecule has 1 aromatic carbocycles. The fraction of sp³-hybridized carbons (Fsp3) is 0.429. The number of rotatable bonds is 4. The van der Waals surface area contributed by atoms with Crippen LogP contribution < -0.4 is 0 Å². The Bertz CT molecular complexity index is 1110. The van der Waals surface area contributed by atoms with E-state index in [0.717, 1.165) is 36.6 Å². The molecule has 4 rings (SSSR count). The van der Waals surface area contributed by atoms with Crippen LogP contribution in [0.1, 0.15) is 42.7 Å². The van der Waals surface area contributed by atoms with Gasteiger partial charge in [0.1, 0.15) is 6.29 Å². The minimum Gasteiger partial charge on any atom is -0.415 e. The summed E-state index contributed by atoms with van der Waals surface area (Å²) in [4.78, 5) is 10.7. The number of carbonyl (C=O) groups excluding carboxylic acids is 1. The molecular weight excluding hydrogens is 397 g/mol. The van der Waals surface area contributed by atoms with E-state index in [1.807, 2.05) is 11.7 Å². The highest BCUT2D eigenvalue weighted by molar-refractivity contribution is 5.63. The van der Waals surface area contributed by atoms with Gasteiger partial charge in [0, 0.05) is 30.3 Å². The Kier molecular flexibility index (Phi) is 4.79. The Morgan fingerprint density at radius 3 is 2.67 bits per heavy atom. The molecule has 0 atom stereocenters. The number of alkyl halides is 3. The summed E-state index contributed by atoms with van der Waals surface area (Å²) in [7, 11) is 1.86. The van der Waals surface area contributed by atoms with Crippen LogP contribution in [0.3, 0.4) is 0 Å². The Morgan fingerprint density at radius 2 is 1.97 bits per heavy atom. The highest BCUT2D eigenvalue weighted by Gasteiger charge is 2.34. The van der Waals surface area contributed by atoms with Crippen LogP contribution in [0.25, 0.3) is 23.0 Å². The summed E-state index contributed by atoms with van der Waals surface area (Å²) >= 11 is 0. The SMILES string of the molecule is Cn1nc(-c2nnc(-c3ccc(CC=O)c(C(F)(F)F)c3)o2)c2c1CC(C)(C)CC2. The standard InChI is InChI=1S/C21H21F3N4O2/c1-20(2)8-6-14-16(11-20)28(3)27-17(14)19-26-25-18(30-19)13-5-4-12(7-9-29)15(10-13)21(22,23)24/h4-5,9-10H,6-8,11H2,1-3H3. The largest absolute Gasteiger partial charge is 0.416 e. The van der Waals surface area contributed by atoms with Crippen molar-refractivity contribution in [1.29, 1.82) is 0 Å². The van der Waals surface area contributed by atoms with E-state index in [-0.39, 0.29) is 34.7 Å². The third-order valence-corrected chi connectivity index (χ3v) is 5.57. The van der Waals surface area contributed by atoms with E-state index in [9.17, 15) is 18.0 Å². The Balaban J connectivity index is 1.72. The van der Waals surface area contributed by atoms with Crippen molar-refractivity contribution in [3.8, 4) is 23.0 Å². The number of hydrogen-bond donors (Lipinski definition) is 0. The van der Waals surface area contributed by atoms with Gasteiger partial charge in [-0.1, -0.05) is 19.9 Å². The maximum Gasteiger partial charge on any atom is 0.416 e. The van der Waals surface area contributed by atoms with Crippen molar-refractivity contribution in [2.45, 2.75) is 45.7 Å². The van der Waals surface area contributed by atoms with E-state index in [1.165, 1.54) is 12.1 Å². The number of benzene rings is 1. The summed E-state index contributed by atoms with van der Waals surface area (Å²) in [6, 6.07) is 3.65. The molecule has 30 heavy (non-hydrogen) atoms. The monoisotopic (exact) mass is 418 g/mol. The quantitative estimate of drug-likeness (QED) is 0.587. The maximum atomic E-state index is 13.4. The Morgan fingerprint density at radius 1 is 1.23 bits per heavy atom. The third kappa shape index (κ3) is 3.64. The maximum absolute atomic E-state index is 13.4. The Hall–Kier alpha value is -2.97. The number of aryl methyl sites for hydroxylation is 1. The van der Waals surface area contributed by atoms with E-state index in [2.05, 4.69) is 29.1 Å². The average molecular weight is 418 g/mol. The molecule has 2 aromatic heterocycles. The number of hydrogen-bond acceptors (Lipinski definition) is 5. The lowest BCUT2D eigenvalue weighted by atomic mass is 9.76. The predicted molar refractivity (Wildman–Crippen MR) is 103 cm³/mol. The van der Waals surface area contributed by atoms with Gasteiger partial charge in [-0.15, -0.1) is 10.2 Å². The van der Waals surface area contributed by atoms with Crippen LogP contribution in [-0.4, -0.2) is 26.3 Å². The molecule has 9 heteroatoms. The zero-order valence-corrected chi connectivity index (χ0v) is 16.9. The molecule has 0 unspecified atom stereocenters. The van der Waals surface area contributed by atoms with Crippen molar-refractivity contribution in [3.63, 3.8) is 0 Å². The number of nitrogens with zero attached hydrogens (tertiary/aromatic N) is 4. The van der Waals surface area contributed by atoms with Crippen molar-refractivity contribution in [2.75, 3.05) is 0 Å². The van der Waals surface area contributed by atoms with E-state index in [4.69, 9.17) is 4.42 Å². The fourth-order valence-corrected chi connectivity index (χ4v) is 3.94. The summed E-state index contributed by atoms with van der Waals surface area (Å²) in [5, 5.41) is 12.5. The van der Waals surface area contributed by atoms with E-state index < -0.39 is 11.7 Å². The van der Waals surface area contributed by atoms with Crippen molar-refractivity contribution in [3.05, 3.63) is 40.6 Å². The molecule has 1 aliphatic rings. The second-order valence-corrected chi connectivity index (χ2v) is 8.39. The molecule has 0 aliphatic heterocycles. The highest BCUT2D eigenvalue weighted by atomic mass is 19.4. The molecule has 158 valence electrons. The van der Waals surface area contributed by atoms with Gasteiger partial charge in [-0.2, -0.15) is 18.3 Å². The second kappa shape index (κ2) is 7.07. The summed E-state index contributed by atoms with van der Waals surface area (Å²) in [6.07, 6.45) is -1.78. The molecule has 0 bridgehead atoms. The van der Waals surface area contributed by atoms with Gasteiger partial charge in [0.2, 0.25) is 5.89 Å². The van der Waals surface area contributed by atoms with Gasteiger partial charge in [0.25, 0.3) is 5.89 Å². The normalized spacial score (nSPS) is 15.8. The summed E-state index contributed by atoms with van der Waals surface area (Å²) in [5.41, 5.74) is 2.07. The fourth-order valence-electron chi connectivity index (χ4n) is 3.94. The van der Waals surface area contributed by atoms with Crippen LogP contribution in [0.5, 0.6) is 0 Å². The van der Waals surface area contributed by atoms with Crippen LogP contribution in [0.4, 0.5) is 13.2 Å². The van der Waals surface area contributed by atoms with Crippen LogP contribution in [0, 0.1) is 5.41 Å². The van der Waals surface area contributed by atoms with Crippen LogP contribution in [0.15, 0.2) is 22.6 Å². The van der Waals surface area contributed by atoms with E-state index in [1.54, 1.807) is 0 Å². The first-order valence-electron chi connectivity index (χ1n) is 9.62. The van der Waals surface area contributed by atoms with Gasteiger partial charge in [-0.25, -0.2) is 0 Å². The number of carbonyl (C=O) groups is 1. The zero-order chi connectivity index (χ0) is 21.7. The van der Waals surface area contributed by atoms with Gasteiger partial charge in [-0.05, 0) is 42.4 Å². The first kappa shape index (κ1) is 20.3. The van der Waals surface area contributed by atoms with Crippen molar-refractivity contribution in [2.24, 2.45) is 12.5 Å². The smallest absolute Gasteiger partial charge is 0.415 e. The lowest BCUT2D eigenvalue weighted by molar-refractivity contribution is -0.138. The minimum absolute atomic E-state index is 0.0244. The first-order chi connectivity index (χ1) is 14.1. The average Bonchev–Trinajstić information content (AvgIpc) is 3.26. The van der Waals surface area contributed by atoms with E-state index in [0.29, 0.717) is 12.0 Å². The first-order valence-corrected chi connectivity index (χ1v) is 9.62. The lowest BCUT2D eigenvalue weighted by Crippen LogP contribution is -2.23. The minimum atomic E-state index is -4.59. The third-order valence-electron chi connectivity index (χ3n) is 5.57. The number of halogens is 3. The zero-order valence-electron chi connectivity index (χ0n) is 16.9. The molecule has 0 amide bonds. The van der Waals surface area contributed by atoms with Crippen molar-refractivity contribution < 1.29 is 22.4 Å². The topological polar surface area (TPSA) is 73.8 Å². The number of aromatic nitrogens is 4. The lowest BCUT2D eigenvalue weighted by Gasteiger charge is -2.29. The molecule has 3 aromatic rings. The van der Waals surface area contributed by atoms with E-state index >= 15 is 0 Å². The molecule has 1 aliphatic carbocycles. The van der Waals surface area contributed by atoms with Gasteiger partial charge in [0.15, 0.2) is 5.69 Å². The molecule has 2 heterocycles.